The van der Waals surface area contributed by atoms with E-state index in [1.807, 2.05) is 13.0 Å². The third-order valence-electron chi connectivity index (χ3n) is 2.79. The van der Waals surface area contributed by atoms with Gasteiger partial charge in [0.25, 0.3) is 0 Å². The molecule has 2 nitrogen and oxygen atoms in total. The van der Waals surface area contributed by atoms with Crippen LogP contribution in [0.5, 0.6) is 0 Å². The maximum absolute atomic E-state index is 13.9. The third-order valence-corrected chi connectivity index (χ3v) is 3.12. The fraction of sp³-hybridized carbons (Fsp3) is 0.231. The average Bonchev–Trinajstić information content (AvgIpc) is 2.70. The first kappa shape index (κ1) is 12.1. The zero-order chi connectivity index (χ0) is 12.4. The number of furan rings is 1. The Morgan fingerprint density at radius 3 is 2.65 bits per heavy atom. The second kappa shape index (κ2) is 4.90. The van der Waals surface area contributed by atoms with Crippen LogP contribution in [-0.2, 0) is 0 Å². The molecule has 1 atom stereocenters. The third kappa shape index (κ3) is 2.21. The van der Waals surface area contributed by atoms with Crippen molar-refractivity contribution in [2.45, 2.75) is 13.0 Å². The second-order valence-electron chi connectivity index (χ2n) is 3.79. The summed E-state index contributed by atoms with van der Waals surface area (Å²) < 4.78 is 19.1. The maximum Gasteiger partial charge on any atom is 0.129 e. The lowest BCUT2D eigenvalue weighted by molar-refractivity contribution is 0.519. The normalized spacial score (nSPS) is 12.7. The van der Waals surface area contributed by atoms with Gasteiger partial charge in [0.15, 0.2) is 0 Å². The fourth-order valence-corrected chi connectivity index (χ4v) is 2.21. The molecule has 2 rings (SSSR count). The Bertz CT molecular complexity index is 504. The van der Waals surface area contributed by atoms with Gasteiger partial charge in [0, 0.05) is 16.1 Å². The molecule has 0 saturated carbocycles. The summed E-state index contributed by atoms with van der Waals surface area (Å²) in [5.74, 6) is 0.432. The molecule has 0 spiro atoms. The Balaban J connectivity index is 2.53. The van der Waals surface area contributed by atoms with E-state index in [-0.39, 0.29) is 11.9 Å². The lowest BCUT2D eigenvalue weighted by Gasteiger charge is -2.18. The van der Waals surface area contributed by atoms with Gasteiger partial charge in [-0.3, -0.25) is 0 Å². The van der Waals surface area contributed by atoms with Crippen LogP contribution in [0.1, 0.15) is 22.9 Å². The molecule has 0 radical (unpaired) electrons. The van der Waals surface area contributed by atoms with Crippen molar-refractivity contribution in [1.29, 1.82) is 0 Å². The van der Waals surface area contributed by atoms with Crippen LogP contribution in [0, 0.1) is 12.7 Å². The summed E-state index contributed by atoms with van der Waals surface area (Å²) in [6.07, 6.45) is 1.59. The molecule has 1 N–H and O–H groups in total. The number of nitrogens with one attached hydrogen (secondary N) is 1. The molecule has 0 bridgehead atoms. The molecule has 2 aromatic rings. The molecular weight excluding hydrogens is 241 g/mol. The zero-order valence-electron chi connectivity index (χ0n) is 9.63. The highest BCUT2D eigenvalue weighted by molar-refractivity contribution is 6.31. The van der Waals surface area contributed by atoms with Crippen LogP contribution >= 0.6 is 11.6 Å². The van der Waals surface area contributed by atoms with Gasteiger partial charge in [-0.2, -0.15) is 0 Å². The van der Waals surface area contributed by atoms with Gasteiger partial charge >= 0.3 is 0 Å². The summed E-state index contributed by atoms with van der Waals surface area (Å²) in [5.41, 5.74) is 1.33. The highest BCUT2D eigenvalue weighted by atomic mass is 35.5. The quantitative estimate of drug-likeness (QED) is 0.903. The highest BCUT2D eigenvalue weighted by Gasteiger charge is 2.21. The van der Waals surface area contributed by atoms with E-state index in [1.54, 1.807) is 25.4 Å². The smallest absolute Gasteiger partial charge is 0.129 e. The van der Waals surface area contributed by atoms with Crippen molar-refractivity contribution in [1.82, 2.24) is 5.32 Å². The maximum atomic E-state index is 13.9. The number of hydrogen-bond acceptors (Lipinski definition) is 2. The Hall–Kier alpha value is -1.32. The van der Waals surface area contributed by atoms with Crippen LogP contribution in [0.4, 0.5) is 4.39 Å². The lowest BCUT2D eigenvalue weighted by Crippen LogP contribution is -2.19. The van der Waals surface area contributed by atoms with E-state index in [4.69, 9.17) is 16.0 Å². The van der Waals surface area contributed by atoms with Gasteiger partial charge in [-0.05, 0) is 32.2 Å². The molecule has 0 fully saturated rings. The molecule has 4 heteroatoms. The molecule has 1 heterocycles. The minimum absolute atomic E-state index is 0.303. The van der Waals surface area contributed by atoms with Gasteiger partial charge in [-0.25, -0.2) is 4.39 Å². The fourth-order valence-electron chi connectivity index (χ4n) is 1.94. The number of hydrogen-bond donors (Lipinski definition) is 1. The first-order valence-electron chi connectivity index (χ1n) is 5.30. The van der Waals surface area contributed by atoms with Crippen molar-refractivity contribution in [3.05, 3.63) is 58.3 Å². The molecule has 90 valence electrons. The Morgan fingerprint density at radius 1 is 1.35 bits per heavy atom. The monoisotopic (exact) mass is 253 g/mol. The average molecular weight is 254 g/mol. The van der Waals surface area contributed by atoms with Gasteiger partial charge < -0.3 is 9.73 Å². The highest BCUT2D eigenvalue weighted by Crippen LogP contribution is 2.32. The van der Waals surface area contributed by atoms with Crippen LogP contribution in [0.25, 0.3) is 0 Å². The zero-order valence-corrected chi connectivity index (χ0v) is 10.4. The van der Waals surface area contributed by atoms with Crippen LogP contribution < -0.4 is 5.32 Å². The Labute approximate surface area is 104 Å². The minimum Gasteiger partial charge on any atom is -0.469 e. The summed E-state index contributed by atoms with van der Waals surface area (Å²) in [6, 6.07) is 6.19. The van der Waals surface area contributed by atoms with Crippen LogP contribution in [0.2, 0.25) is 5.02 Å². The van der Waals surface area contributed by atoms with E-state index < -0.39 is 0 Å². The lowest BCUT2D eigenvalue weighted by atomic mass is 9.99. The second-order valence-corrected chi connectivity index (χ2v) is 4.20. The first-order chi connectivity index (χ1) is 8.15. The Morgan fingerprint density at radius 2 is 2.12 bits per heavy atom. The number of benzene rings is 1. The van der Waals surface area contributed by atoms with Crippen molar-refractivity contribution in [2.24, 2.45) is 0 Å². The number of rotatable bonds is 3. The van der Waals surface area contributed by atoms with Crippen LogP contribution in [-0.4, -0.2) is 7.05 Å². The predicted octanol–water partition coefficient (Wildman–Crippen LogP) is 3.69. The molecule has 0 aliphatic carbocycles. The molecule has 0 aliphatic heterocycles. The van der Waals surface area contributed by atoms with Crippen LogP contribution in [0.3, 0.4) is 0 Å². The van der Waals surface area contributed by atoms with Gasteiger partial charge in [-0.15, -0.1) is 0 Å². The van der Waals surface area contributed by atoms with Crippen molar-refractivity contribution >= 4 is 11.6 Å². The first-order valence-corrected chi connectivity index (χ1v) is 5.68. The molecular formula is C13H13ClFNO. The van der Waals surface area contributed by atoms with Crippen molar-refractivity contribution in [2.75, 3.05) is 7.05 Å². The molecule has 0 saturated heterocycles. The SMILES string of the molecule is CNC(c1ccoc1C)c1c(F)cccc1Cl. The Kier molecular flexibility index (Phi) is 3.50. The van der Waals surface area contributed by atoms with Crippen LogP contribution in [0.15, 0.2) is 34.9 Å². The largest absolute Gasteiger partial charge is 0.469 e. The van der Waals surface area contributed by atoms with Crippen molar-refractivity contribution < 1.29 is 8.81 Å². The summed E-state index contributed by atoms with van der Waals surface area (Å²) in [6.45, 7) is 1.84. The molecule has 1 aromatic carbocycles. The molecule has 0 amide bonds. The van der Waals surface area contributed by atoms with E-state index in [2.05, 4.69) is 5.32 Å². The summed E-state index contributed by atoms with van der Waals surface area (Å²) >= 11 is 6.06. The van der Waals surface area contributed by atoms with Gasteiger partial charge in [0.2, 0.25) is 0 Å². The molecule has 0 aliphatic rings. The number of halogens is 2. The van der Waals surface area contributed by atoms with Crippen molar-refractivity contribution in [3.8, 4) is 0 Å². The minimum atomic E-state index is -0.322. The molecule has 1 aromatic heterocycles. The van der Waals surface area contributed by atoms with Gasteiger partial charge in [0.05, 0.1) is 12.3 Å². The van der Waals surface area contributed by atoms with E-state index in [0.717, 1.165) is 11.3 Å². The standard InChI is InChI=1S/C13H13ClFNO/c1-8-9(6-7-17-8)13(16-2)12-10(14)4-3-5-11(12)15/h3-7,13,16H,1-2H3. The summed E-state index contributed by atoms with van der Waals surface area (Å²) in [5, 5.41) is 3.47. The summed E-state index contributed by atoms with van der Waals surface area (Å²) in [7, 11) is 1.76. The van der Waals surface area contributed by atoms with Gasteiger partial charge in [0.1, 0.15) is 11.6 Å². The van der Waals surface area contributed by atoms with E-state index in [9.17, 15) is 4.39 Å². The van der Waals surface area contributed by atoms with Crippen molar-refractivity contribution in [3.63, 3.8) is 0 Å². The number of aryl methyl sites for hydroxylation is 1. The van der Waals surface area contributed by atoms with Gasteiger partial charge in [-0.1, -0.05) is 17.7 Å². The van der Waals surface area contributed by atoms with E-state index in [1.165, 1.54) is 6.07 Å². The summed E-state index contributed by atoms with van der Waals surface area (Å²) in [4.78, 5) is 0. The van der Waals surface area contributed by atoms with E-state index in [0.29, 0.717) is 10.6 Å². The molecule has 1 unspecified atom stereocenters. The molecule has 17 heavy (non-hydrogen) atoms. The van der Waals surface area contributed by atoms with E-state index >= 15 is 0 Å². The topological polar surface area (TPSA) is 25.2 Å². The predicted molar refractivity (Wildman–Crippen MR) is 65.8 cm³/mol.